The standard InChI is InChI=1S/C14H15FN4O/c1-10-17-7-6-11(18-10)8-16-9-14(20)19-13-5-3-2-4-12(13)15/h2-7,16H,8-9H2,1H3,(H,19,20). The highest BCUT2D eigenvalue weighted by molar-refractivity contribution is 5.92. The van der Waals surface area contributed by atoms with Crippen molar-refractivity contribution in [3.8, 4) is 0 Å². The van der Waals surface area contributed by atoms with Gasteiger partial charge in [-0.25, -0.2) is 14.4 Å². The van der Waals surface area contributed by atoms with E-state index in [4.69, 9.17) is 0 Å². The Labute approximate surface area is 116 Å². The van der Waals surface area contributed by atoms with Crippen LogP contribution in [0.4, 0.5) is 10.1 Å². The third kappa shape index (κ3) is 4.10. The third-order valence-electron chi connectivity index (χ3n) is 2.57. The minimum Gasteiger partial charge on any atom is -0.322 e. The summed E-state index contributed by atoms with van der Waals surface area (Å²) in [4.78, 5) is 19.8. The van der Waals surface area contributed by atoms with Crippen molar-refractivity contribution >= 4 is 11.6 Å². The number of para-hydroxylation sites is 1. The molecule has 0 unspecified atom stereocenters. The van der Waals surface area contributed by atoms with Gasteiger partial charge in [-0.2, -0.15) is 0 Å². The van der Waals surface area contributed by atoms with Gasteiger partial charge in [-0.1, -0.05) is 12.1 Å². The Morgan fingerprint density at radius 3 is 2.85 bits per heavy atom. The molecule has 0 bridgehead atoms. The Hall–Kier alpha value is -2.34. The molecule has 2 rings (SSSR count). The van der Waals surface area contributed by atoms with Gasteiger partial charge in [0.25, 0.3) is 0 Å². The zero-order chi connectivity index (χ0) is 14.4. The SMILES string of the molecule is Cc1nccc(CNCC(=O)Nc2ccccc2F)n1. The lowest BCUT2D eigenvalue weighted by Gasteiger charge is -2.07. The summed E-state index contributed by atoms with van der Waals surface area (Å²) in [5.74, 6) is -0.0757. The summed E-state index contributed by atoms with van der Waals surface area (Å²) in [5, 5.41) is 5.44. The third-order valence-corrected chi connectivity index (χ3v) is 2.57. The Morgan fingerprint density at radius 2 is 2.10 bits per heavy atom. The molecule has 104 valence electrons. The molecule has 2 N–H and O–H groups in total. The second-order valence-corrected chi connectivity index (χ2v) is 4.23. The Balaban J connectivity index is 1.80. The molecule has 1 amide bonds. The molecule has 0 saturated carbocycles. The lowest BCUT2D eigenvalue weighted by molar-refractivity contribution is -0.115. The summed E-state index contributed by atoms with van der Waals surface area (Å²) in [7, 11) is 0. The molecule has 0 saturated heterocycles. The average Bonchev–Trinajstić information content (AvgIpc) is 2.41. The van der Waals surface area contributed by atoms with E-state index in [2.05, 4.69) is 20.6 Å². The molecular formula is C14H15FN4O. The van der Waals surface area contributed by atoms with Crippen LogP contribution >= 0.6 is 0 Å². The van der Waals surface area contributed by atoms with Crippen LogP contribution in [0.25, 0.3) is 0 Å². The molecule has 0 radical (unpaired) electrons. The van der Waals surface area contributed by atoms with Crippen molar-refractivity contribution < 1.29 is 9.18 Å². The number of hydrogen-bond donors (Lipinski definition) is 2. The summed E-state index contributed by atoms with van der Waals surface area (Å²) >= 11 is 0. The fraction of sp³-hybridized carbons (Fsp3) is 0.214. The molecule has 0 aliphatic heterocycles. The first-order valence-electron chi connectivity index (χ1n) is 6.19. The van der Waals surface area contributed by atoms with Crippen molar-refractivity contribution in [1.82, 2.24) is 15.3 Å². The van der Waals surface area contributed by atoms with E-state index in [-0.39, 0.29) is 18.1 Å². The highest BCUT2D eigenvalue weighted by atomic mass is 19.1. The Kier molecular flexibility index (Phi) is 4.73. The van der Waals surface area contributed by atoms with E-state index in [0.717, 1.165) is 5.69 Å². The lowest BCUT2D eigenvalue weighted by Crippen LogP contribution is -2.28. The fourth-order valence-electron chi connectivity index (χ4n) is 1.66. The second kappa shape index (κ2) is 6.72. The van der Waals surface area contributed by atoms with E-state index < -0.39 is 5.82 Å². The molecule has 2 aromatic rings. The van der Waals surface area contributed by atoms with E-state index in [1.54, 1.807) is 31.3 Å². The van der Waals surface area contributed by atoms with Crippen LogP contribution in [0, 0.1) is 12.7 Å². The number of halogens is 1. The van der Waals surface area contributed by atoms with Crippen LogP contribution in [-0.4, -0.2) is 22.4 Å². The van der Waals surface area contributed by atoms with Crippen LogP contribution in [0.15, 0.2) is 36.5 Å². The van der Waals surface area contributed by atoms with Crippen molar-refractivity contribution in [2.75, 3.05) is 11.9 Å². The summed E-state index contributed by atoms with van der Waals surface area (Å²) in [5.41, 5.74) is 0.980. The van der Waals surface area contributed by atoms with Crippen molar-refractivity contribution in [3.63, 3.8) is 0 Å². The van der Waals surface area contributed by atoms with Crippen LogP contribution in [0.3, 0.4) is 0 Å². The van der Waals surface area contributed by atoms with E-state index in [1.165, 1.54) is 12.1 Å². The summed E-state index contributed by atoms with van der Waals surface area (Å²) in [6.07, 6.45) is 1.67. The van der Waals surface area contributed by atoms with E-state index >= 15 is 0 Å². The summed E-state index contributed by atoms with van der Waals surface area (Å²) < 4.78 is 13.3. The van der Waals surface area contributed by atoms with Gasteiger partial charge < -0.3 is 10.6 Å². The van der Waals surface area contributed by atoms with Crippen molar-refractivity contribution in [1.29, 1.82) is 0 Å². The predicted octanol–water partition coefficient (Wildman–Crippen LogP) is 1.65. The first-order valence-corrected chi connectivity index (χ1v) is 6.19. The number of amides is 1. The van der Waals surface area contributed by atoms with Crippen molar-refractivity contribution in [2.24, 2.45) is 0 Å². The number of aromatic nitrogens is 2. The second-order valence-electron chi connectivity index (χ2n) is 4.23. The number of hydrogen-bond acceptors (Lipinski definition) is 4. The van der Waals surface area contributed by atoms with Crippen LogP contribution in [0.2, 0.25) is 0 Å². The highest BCUT2D eigenvalue weighted by Gasteiger charge is 2.05. The molecule has 0 aliphatic rings. The molecule has 1 heterocycles. The predicted molar refractivity (Wildman–Crippen MR) is 73.5 cm³/mol. The van der Waals surface area contributed by atoms with Gasteiger partial charge >= 0.3 is 0 Å². The summed E-state index contributed by atoms with van der Waals surface area (Å²) in [6, 6.07) is 7.82. The minimum absolute atomic E-state index is 0.0807. The Bertz CT molecular complexity index is 603. The smallest absolute Gasteiger partial charge is 0.238 e. The largest absolute Gasteiger partial charge is 0.322 e. The maximum absolute atomic E-state index is 13.3. The van der Waals surface area contributed by atoms with Gasteiger partial charge in [-0.3, -0.25) is 4.79 Å². The molecule has 6 heteroatoms. The average molecular weight is 274 g/mol. The zero-order valence-electron chi connectivity index (χ0n) is 11.1. The first kappa shape index (κ1) is 14.1. The van der Waals surface area contributed by atoms with Gasteiger partial charge in [0, 0.05) is 12.7 Å². The molecule has 0 spiro atoms. The Morgan fingerprint density at radius 1 is 1.30 bits per heavy atom. The number of benzene rings is 1. The van der Waals surface area contributed by atoms with E-state index in [9.17, 15) is 9.18 Å². The molecule has 0 aliphatic carbocycles. The highest BCUT2D eigenvalue weighted by Crippen LogP contribution is 2.11. The van der Waals surface area contributed by atoms with E-state index in [1.807, 2.05) is 0 Å². The molecule has 0 atom stereocenters. The van der Waals surface area contributed by atoms with Crippen LogP contribution in [0.1, 0.15) is 11.5 Å². The first-order chi connectivity index (χ1) is 9.65. The van der Waals surface area contributed by atoms with Gasteiger partial charge in [0.2, 0.25) is 5.91 Å². The normalized spacial score (nSPS) is 10.3. The number of nitrogens with zero attached hydrogens (tertiary/aromatic N) is 2. The van der Waals surface area contributed by atoms with Crippen molar-refractivity contribution in [2.45, 2.75) is 13.5 Å². The maximum Gasteiger partial charge on any atom is 0.238 e. The maximum atomic E-state index is 13.3. The summed E-state index contributed by atoms with van der Waals surface area (Å²) in [6.45, 7) is 2.33. The number of aryl methyl sites for hydroxylation is 1. The quantitative estimate of drug-likeness (QED) is 0.870. The van der Waals surface area contributed by atoms with Gasteiger partial charge in [-0.05, 0) is 25.1 Å². The van der Waals surface area contributed by atoms with Gasteiger partial charge in [-0.15, -0.1) is 0 Å². The van der Waals surface area contributed by atoms with Gasteiger partial charge in [0.05, 0.1) is 17.9 Å². The molecule has 20 heavy (non-hydrogen) atoms. The molecule has 1 aromatic heterocycles. The number of anilines is 1. The van der Waals surface area contributed by atoms with Gasteiger partial charge in [0.15, 0.2) is 0 Å². The van der Waals surface area contributed by atoms with E-state index in [0.29, 0.717) is 12.4 Å². The molecular weight excluding hydrogens is 259 g/mol. The lowest BCUT2D eigenvalue weighted by atomic mass is 10.3. The van der Waals surface area contributed by atoms with Crippen LogP contribution in [-0.2, 0) is 11.3 Å². The number of carbonyl (C=O) groups is 1. The fourth-order valence-corrected chi connectivity index (χ4v) is 1.66. The topological polar surface area (TPSA) is 66.9 Å². The number of rotatable bonds is 5. The molecule has 0 fully saturated rings. The van der Waals surface area contributed by atoms with Crippen LogP contribution in [0.5, 0.6) is 0 Å². The molecule has 5 nitrogen and oxygen atoms in total. The number of nitrogens with one attached hydrogen (secondary N) is 2. The minimum atomic E-state index is -0.452. The number of carbonyl (C=O) groups excluding carboxylic acids is 1. The zero-order valence-corrected chi connectivity index (χ0v) is 11.1. The van der Waals surface area contributed by atoms with Crippen LogP contribution < -0.4 is 10.6 Å². The monoisotopic (exact) mass is 274 g/mol. The van der Waals surface area contributed by atoms with Gasteiger partial charge in [0.1, 0.15) is 11.6 Å². The van der Waals surface area contributed by atoms with Crippen molar-refractivity contribution in [3.05, 3.63) is 53.9 Å². The molecule has 1 aromatic carbocycles.